The predicted molar refractivity (Wildman–Crippen MR) is 160 cm³/mol. The minimum atomic E-state index is -1.13. The average Bonchev–Trinajstić information content (AvgIpc) is 3.45. The maximum Gasteiger partial charge on any atom is 0.404 e. The van der Waals surface area contributed by atoms with Gasteiger partial charge >= 0.3 is 6.09 Å². The quantitative estimate of drug-likeness (QED) is 0.277. The number of likely N-dealkylation sites (tertiary alicyclic amines) is 1. The van der Waals surface area contributed by atoms with Crippen molar-refractivity contribution >= 4 is 34.3 Å². The van der Waals surface area contributed by atoms with Gasteiger partial charge in [-0.25, -0.2) is 13.7 Å². The third-order valence-corrected chi connectivity index (χ3v) is 9.00. The number of carboxylic acid groups (broad SMARTS) is 1. The van der Waals surface area contributed by atoms with Gasteiger partial charge in [-0.15, -0.1) is 0 Å². The van der Waals surface area contributed by atoms with Crippen LogP contribution in [-0.2, 0) is 11.3 Å². The molecule has 2 aliphatic heterocycles. The number of aromatic nitrogens is 3. The number of carbonyl (C=O) groups excluding carboxylic acids is 2. The number of rotatable bonds is 8. The summed E-state index contributed by atoms with van der Waals surface area (Å²) in [5.74, 6) is 0.543. The van der Waals surface area contributed by atoms with Crippen molar-refractivity contribution in [1.29, 1.82) is 0 Å². The van der Waals surface area contributed by atoms with E-state index in [0.717, 1.165) is 41.7 Å². The van der Waals surface area contributed by atoms with Gasteiger partial charge in [0.05, 0.1) is 23.4 Å². The van der Waals surface area contributed by atoms with Crippen LogP contribution >= 0.6 is 0 Å². The van der Waals surface area contributed by atoms with E-state index in [2.05, 4.69) is 21.3 Å². The Balaban J connectivity index is 1.24. The molecule has 2 atom stereocenters. The number of pyridine rings is 1. The molecule has 7 rings (SSSR count). The highest BCUT2D eigenvalue weighted by Crippen LogP contribution is 2.40. The summed E-state index contributed by atoms with van der Waals surface area (Å²) in [5, 5.41) is 20.2. The number of nitrogens with one attached hydrogen (secondary N) is 2. The molecule has 230 valence electrons. The maximum absolute atomic E-state index is 15.7. The van der Waals surface area contributed by atoms with Crippen LogP contribution in [0.3, 0.4) is 0 Å². The van der Waals surface area contributed by atoms with E-state index in [-0.39, 0.29) is 35.9 Å². The molecule has 3 fully saturated rings. The number of fused-ring (bicyclic) bond motifs is 2. The Morgan fingerprint density at radius 2 is 2.02 bits per heavy atom. The molecule has 3 amide bonds. The third kappa shape index (κ3) is 5.33. The Hall–Kier alpha value is -4.61. The summed E-state index contributed by atoms with van der Waals surface area (Å²) in [6.45, 7) is 4.36. The first-order valence-corrected chi connectivity index (χ1v) is 15.2. The first kappa shape index (κ1) is 28.2. The molecule has 1 unspecified atom stereocenters. The van der Waals surface area contributed by atoms with Crippen molar-refractivity contribution in [2.24, 2.45) is 11.8 Å². The monoisotopic (exact) mass is 602 g/mol. The second-order valence-corrected chi connectivity index (χ2v) is 12.3. The van der Waals surface area contributed by atoms with Gasteiger partial charge in [0.2, 0.25) is 5.91 Å². The van der Waals surface area contributed by atoms with Crippen LogP contribution in [-0.4, -0.2) is 74.4 Å². The van der Waals surface area contributed by atoms with Gasteiger partial charge in [-0.1, -0.05) is 12.1 Å². The summed E-state index contributed by atoms with van der Waals surface area (Å²) in [5.41, 5.74) is 3.57. The molecule has 1 saturated carbocycles. The molecule has 11 nitrogen and oxygen atoms in total. The number of para-hydroxylation sites is 1. The van der Waals surface area contributed by atoms with Crippen LogP contribution in [0.1, 0.15) is 48.0 Å². The Morgan fingerprint density at radius 3 is 2.77 bits per heavy atom. The van der Waals surface area contributed by atoms with Gasteiger partial charge in [0.15, 0.2) is 0 Å². The van der Waals surface area contributed by atoms with Crippen LogP contribution in [0.5, 0.6) is 5.75 Å². The number of benzene rings is 1. The van der Waals surface area contributed by atoms with Crippen LogP contribution in [0.2, 0.25) is 0 Å². The molecule has 3 aromatic heterocycles. The average molecular weight is 603 g/mol. The van der Waals surface area contributed by atoms with Crippen LogP contribution in [0, 0.1) is 24.6 Å². The van der Waals surface area contributed by atoms with Crippen molar-refractivity contribution in [2.75, 3.05) is 26.2 Å². The third-order valence-electron chi connectivity index (χ3n) is 9.00. The fourth-order valence-electron chi connectivity index (χ4n) is 6.61. The number of aryl methyl sites for hydroxylation is 1. The molecule has 0 spiro atoms. The summed E-state index contributed by atoms with van der Waals surface area (Å²) < 4.78 is 25.7. The number of hydrogen-bond acceptors (Lipinski definition) is 5. The van der Waals surface area contributed by atoms with Gasteiger partial charge < -0.3 is 29.9 Å². The minimum absolute atomic E-state index is 0.0472. The van der Waals surface area contributed by atoms with E-state index in [0.29, 0.717) is 61.7 Å². The zero-order chi connectivity index (χ0) is 30.5. The first-order chi connectivity index (χ1) is 21.2. The van der Waals surface area contributed by atoms with Crippen molar-refractivity contribution in [3.63, 3.8) is 0 Å². The molecule has 4 aromatic rings. The van der Waals surface area contributed by atoms with Gasteiger partial charge in [-0.2, -0.15) is 5.10 Å². The normalized spacial score (nSPS) is 20.3. The summed E-state index contributed by atoms with van der Waals surface area (Å²) in [6.07, 6.45) is 4.47. The Bertz CT molecular complexity index is 1790. The fourth-order valence-corrected chi connectivity index (χ4v) is 6.61. The summed E-state index contributed by atoms with van der Waals surface area (Å²) in [4.78, 5) is 37.8. The minimum Gasteiger partial charge on any atom is -0.491 e. The Labute approximate surface area is 252 Å². The highest BCUT2D eigenvalue weighted by molar-refractivity contribution is 5.95. The lowest BCUT2D eigenvalue weighted by Gasteiger charge is -2.32. The topological polar surface area (TPSA) is 130 Å². The lowest BCUT2D eigenvalue weighted by molar-refractivity contribution is -0.119. The van der Waals surface area contributed by atoms with Gasteiger partial charge in [0, 0.05) is 61.7 Å². The number of nitrogens with zero attached hydrogens (tertiary/aromatic N) is 4. The van der Waals surface area contributed by atoms with Crippen molar-refractivity contribution in [1.82, 2.24) is 29.7 Å². The lowest BCUT2D eigenvalue weighted by Crippen LogP contribution is -2.49. The SMILES string of the molecule is Cc1c(-c2cc3cccc(OCC4CNC(=O)C4)c3n2CC2CC2)nn2cc(C(=O)N3CCC[C@@H](NC(=O)O)C3)cc(F)c12. The van der Waals surface area contributed by atoms with Crippen LogP contribution in [0.25, 0.3) is 27.8 Å². The van der Waals surface area contributed by atoms with Gasteiger partial charge in [0.1, 0.15) is 22.8 Å². The van der Waals surface area contributed by atoms with Gasteiger partial charge in [0.25, 0.3) is 5.91 Å². The number of hydrogen-bond donors (Lipinski definition) is 3. The van der Waals surface area contributed by atoms with E-state index in [4.69, 9.17) is 14.9 Å². The second kappa shape index (κ2) is 11.1. The van der Waals surface area contributed by atoms with E-state index in [1.165, 1.54) is 10.6 Å². The van der Waals surface area contributed by atoms with Gasteiger partial charge in [-0.3, -0.25) is 9.59 Å². The largest absolute Gasteiger partial charge is 0.491 e. The molecule has 44 heavy (non-hydrogen) atoms. The standard InChI is InChI=1S/C32H35FN6O5/c1-18-28(36-39-15-22(11-24(33)29(18)39)31(41)37-9-3-5-23(16-37)35-32(42)43)25-12-21-4-2-6-26(30(21)38(25)14-19-7-8-19)44-17-20-10-27(40)34-13-20/h2,4,6,11-12,15,19-20,23,35H,3,5,7-10,13-14,16-17H2,1H3,(H,34,40)(H,42,43)/t20?,23-/m1/s1. The molecule has 3 N–H and O–H groups in total. The molecule has 2 saturated heterocycles. The number of carbonyl (C=O) groups is 3. The molecule has 3 aliphatic rings. The highest BCUT2D eigenvalue weighted by atomic mass is 19.1. The smallest absolute Gasteiger partial charge is 0.404 e. The first-order valence-electron chi connectivity index (χ1n) is 15.2. The predicted octanol–water partition coefficient (Wildman–Crippen LogP) is 4.20. The van der Waals surface area contributed by atoms with Crippen LogP contribution in [0.4, 0.5) is 9.18 Å². The second-order valence-electron chi connectivity index (χ2n) is 12.3. The van der Waals surface area contributed by atoms with Crippen molar-refractivity contribution < 1.29 is 28.6 Å². The van der Waals surface area contributed by atoms with Crippen LogP contribution < -0.4 is 15.4 Å². The molecule has 1 aliphatic carbocycles. The molecule has 0 bridgehead atoms. The molecule has 0 radical (unpaired) electrons. The zero-order valence-corrected chi connectivity index (χ0v) is 24.5. The molecular weight excluding hydrogens is 567 g/mol. The molecule has 1 aromatic carbocycles. The van der Waals surface area contributed by atoms with E-state index >= 15 is 4.39 Å². The number of halogens is 1. The van der Waals surface area contributed by atoms with E-state index in [1.54, 1.807) is 11.1 Å². The Kier molecular flexibility index (Phi) is 7.14. The molecular formula is C32H35FN6O5. The summed E-state index contributed by atoms with van der Waals surface area (Å²) >= 11 is 0. The van der Waals surface area contributed by atoms with Crippen molar-refractivity contribution in [3.8, 4) is 17.1 Å². The lowest BCUT2D eigenvalue weighted by atomic mass is 10.0. The summed E-state index contributed by atoms with van der Waals surface area (Å²) in [6, 6.07) is 8.88. The number of piperidine rings is 1. The van der Waals surface area contributed by atoms with E-state index in [9.17, 15) is 14.4 Å². The molecule has 5 heterocycles. The van der Waals surface area contributed by atoms with Crippen LogP contribution in [0.15, 0.2) is 36.5 Å². The maximum atomic E-state index is 15.7. The van der Waals surface area contributed by atoms with E-state index < -0.39 is 11.9 Å². The highest BCUT2D eigenvalue weighted by Gasteiger charge is 2.30. The van der Waals surface area contributed by atoms with Crippen molar-refractivity contribution in [2.45, 2.75) is 51.6 Å². The fraction of sp³-hybridized carbons (Fsp3) is 0.438. The zero-order valence-electron chi connectivity index (χ0n) is 24.5. The number of ether oxygens (including phenoxy) is 1. The summed E-state index contributed by atoms with van der Waals surface area (Å²) in [7, 11) is 0. The van der Waals surface area contributed by atoms with E-state index in [1.807, 2.05) is 25.1 Å². The van der Waals surface area contributed by atoms with Crippen molar-refractivity contribution in [3.05, 3.63) is 53.5 Å². The molecule has 12 heteroatoms. The van der Waals surface area contributed by atoms with Gasteiger partial charge in [-0.05, 0) is 56.7 Å². The Morgan fingerprint density at radius 1 is 1.18 bits per heavy atom. The number of amides is 3.